The van der Waals surface area contributed by atoms with E-state index in [1.165, 1.54) is 24.3 Å². The molecule has 1 fully saturated rings. The minimum Gasteiger partial charge on any atom is -0.478 e. The zero-order chi connectivity index (χ0) is 20.0. The average Bonchev–Trinajstić information content (AvgIpc) is 2.73. The van der Waals surface area contributed by atoms with Crippen molar-refractivity contribution in [2.24, 2.45) is 5.73 Å². The summed E-state index contributed by atoms with van der Waals surface area (Å²) in [4.78, 5) is 21.4. The molecule has 8 heteroatoms. The fourth-order valence-corrected chi connectivity index (χ4v) is 3.03. The van der Waals surface area contributed by atoms with Crippen molar-refractivity contribution in [1.82, 2.24) is 10.3 Å². The lowest BCUT2D eigenvalue weighted by Gasteiger charge is -2.31. The van der Waals surface area contributed by atoms with Gasteiger partial charge in [-0.15, -0.1) is 0 Å². The highest BCUT2D eigenvalue weighted by Crippen LogP contribution is 2.26. The zero-order valence-corrected chi connectivity index (χ0v) is 16.8. The van der Waals surface area contributed by atoms with Gasteiger partial charge in [0.15, 0.2) is 0 Å². The van der Waals surface area contributed by atoms with Crippen molar-refractivity contribution >= 4 is 12.1 Å². The molecule has 1 aliphatic heterocycles. The Morgan fingerprint density at radius 1 is 1.25 bits per heavy atom. The first kappa shape index (κ1) is 22.4. The van der Waals surface area contributed by atoms with Gasteiger partial charge in [-0.05, 0) is 51.4 Å². The van der Waals surface area contributed by atoms with E-state index in [0.717, 1.165) is 55.8 Å². The van der Waals surface area contributed by atoms with Crippen molar-refractivity contribution < 1.29 is 19.3 Å². The average molecular weight is 395 g/mol. The molecule has 1 saturated heterocycles. The molecule has 1 aromatic rings. The topological polar surface area (TPSA) is 98.1 Å². The molecule has 1 atom stereocenters. The van der Waals surface area contributed by atoms with Crippen LogP contribution < -0.4 is 21.2 Å². The van der Waals surface area contributed by atoms with Crippen LogP contribution in [0.15, 0.2) is 18.2 Å². The molecule has 0 bridgehead atoms. The first-order valence-electron chi connectivity index (χ1n) is 10.1. The molecule has 1 aliphatic rings. The van der Waals surface area contributed by atoms with E-state index in [4.69, 9.17) is 20.2 Å². The molecule has 2 rings (SSSR count). The number of hydrogen-bond donors (Lipinski definition) is 3. The lowest BCUT2D eigenvalue weighted by molar-refractivity contribution is -0.322. The third kappa shape index (κ3) is 7.63. The summed E-state index contributed by atoms with van der Waals surface area (Å²) in [6.07, 6.45) is 7.41. The molecule has 0 saturated carbocycles. The second-order valence-corrected chi connectivity index (χ2v) is 6.95. The van der Waals surface area contributed by atoms with Gasteiger partial charge in [-0.3, -0.25) is 20.5 Å². The third-order valence-electron chi connectivity index (χ3n) is 4.81. The van der Waals surface area contributed by atoms with Gasteiger partial charge in [-0.2, -0.15) is 0 Å². The Morgan fingerprint density at radius 2 is 2.07 bits per heavy atom. The number of ether oxygens (including phenoxy) is 1. The molecule has 4 N–H and O–H groups in total. The highest BCUT2D eigenvalue weighted by atomic mass is 17.2. The predicted octanol–water partition coefficient (Wildman–Crippen LogP) is 2.34. The highest BCUT2D eigenvalue weighted by Gasteiger charge is 2.22. The molecule has 0 aromatic heterocycles. The number of hydrogen-bond acceptors (Lipinski definition) is 7. The van der Waals surface area contributed by atoms with E-state index in [1.807, 2.05) is 25.1 Å². The molecular weight excluding hydrogens is 360 g/mol. The quantitative estimate of drug-likeness (QED) is 0.146. The molecule has 0 aliphatic carbocycles. The summed E-state index contributed by atoms with van der Waals surface area (Å²) in [7, 11) is 0. The van der Waals surface area contributed by atoms with Crippen LogP contribution in [0.4, 0.5) is 5.69 Å². The number of nitrogens with two attached hydrogens (primary N) is 1. The van der Waals surface area contributed by atoms with Gasteiger partial charge < -0.3 is 10.5 Å². The number of carbonyl (C=O) groups excluding carboxylic acids is 1. The van der Waals surface area contributed by atoms with Gasteiger partial charge in [0.05, 0.1) is 18.3 Å². The standard InChI is InChI=1S/C20H34N4O4/c1-17-19(23-24(16-25)18-10-13-27-28-14-18)8-7-9-20(17)26-15-22-12-6-4-2-3-5-11-21/h7-9,16,18,22-23H,2-6,10-15,21H2,1H3. The zero-order valence-electron chi connectivity index (χ0n) is 16.8. The SMILES string of the molecule is Cc1c(NN(C=O)C2CCOOC2)cccc1OCNCCCCCCCN. The van der Waals surface area contributed by atoms with Crippen molar-refractivity contribution in [2.75, 3.05) is 38.5 Å². The van der Waals surface area contributed by atoms with Crippen LogP contribution in [-0.4, -0.2) is 50.5 Å². The number of carbonyl (C=O) groups is 1. The van der Waals surface area contributed by atoms with Gasteiger partial charge in [-0.25, -0.2) is 9.78 Å². The smallest absolute Gasteiger partial charge is 0.228 e. The second kappa shape index (κ2) is 13.3. The third-order valence-corrected chi connectivity index (χ3v) is 4.81. The van der Waals surface area contributed by atoms with Crippen molar-refractivity contribution in [1.29, 1.82) is 0 Å². The van der Waals surface area contributed by atoms with E-state index >= 15 is 0 Å². The van der Waals surface area contributed by atoms with Gasteiger partial charge >= 0.3 is 0 Å². The first-order valence-corrected chi connectivity index (χ1v) is 10.1. The number of nitrogens with zero attached hydrogens (tertiary/aromatic N) is 1. The van der Waals surface area contributed by atoms with Crippen molar-refractivity contribution in [3.63, 3.8) is 0 Å². The fourth-order valence-electron chi connectivity index (χ4n) is 3.03. The van der Waals surface area contributed by atoms with Gasteiger partial charge in [0.25, 0.3) is 0 Å². The molecule has 1 heterocycles. The fraction of sp³-hybridized carbons (Fsp3) is 0.650. The Morgan fingerprint density at radius 3 is 2.82 bits per heavy atom. The van der Waals surface area contributed by atoms with Crippen LogP contribution in [0.25, 0.3) is 0 Å². The highest BCUT2D eigenvalue weighted by molar-refractivity contribution is 5.60. The monoisotopic (exact) mass is 394 g/mol. The van der Waals surface area contributed by atoms with Gasteiger partial charge in [0, 0.05) is 5.56 Å². The number of anilines is 1. The Kier molecular flexibility index (Phi) is 10.7. The van der Waals surface area contributed by atoms with E-state index in [2.05, 4.69) is 10.7 Å². The van der Waals surface area contributed by atoms with E-state index in [1.54, 1.807) is 0 Å². The maximum Gasteiger partial charge on any atom is 0.228 e. The number of benzene rings is 1. The summed E-state index contributed by atoms with van der Waals surface area (Å²) in [6.45, 7) is 4.96. The molecule has 28 heavy (non-hydrogen) atoms. The van der Waals surface area contributed by atoms with Crippen molar-refractivity contribution in [3.05, 3.63) is 23.8 Å². The van der Waals surface area contributed by atoms with E-state index in [0.29, 0.717) is 19.9 Å². The Bertz CT molecular complexity index is 567. The number of nitrogens with one attached hydrogen (secondary N) is 2. The summed E-state index contributed by atoms with van der Waals surface area (Å²) in [5.74, 6) is 0.787. The Hall–Kier alpha value is -1.87. The summed E-state index contributed by atoms with van der Waals surface area (Å²) >= 11 is 0. The molecule has 0 spiro atoms. The number of hydrazine groups is 1. The minimum atomic E-state index is -0.0678. The predicted molar refractivity (Wildman–Crippen MR) is 109 cm³/mol. The summed E-state index contributed by atoms with van der Waals surface area (Å²) in [6, 6.07) is 5.69. The van der Waals surface area contributed by atoms with Crippen LogP contribution in [0, 0.1) is 6.92 Å². The number of amides is 1. The van der Waals surface area contributed by atoms with Crippen LogP contribution >= 0.6 is 0 Å². The Balaban J connectivity index is 1.74. The van der Waals surface area contributed by atoms with Crippen LogP contribution in [0.2, 0.25) is 0 Å². The van der Waals surface area contributed by atoms with Crippen LogP contribution in [0.3, 0.4) is 0 Å². The lowest BCUT2D eigenvalue weighted by atomic mass is 10.1. The summed E-state index contributed by atoms with van der Waals surface area (Å²) < 4.78 is 5.86. The van der Waals surface area contributed by atoms with E-state index in [9.17, 15) is 4.79 Å². The minimum absolute atomic E-state index is 0.0678. The number of unbranched alkanes of at least 4 members (excludes halogenated alkanes) is 4. The molecule has 1 aromatic carbocycles. The molecule has 1 unspecified atom stereocenters. The number of rotatable bonds is 14. The Labute approximate surface area is 167 Å². The van der Waals surface area contributed by atoms with Gasteiger partial charge in [0.1, 0.15) is 19.1 Å². The lowest BCUT2D eigenvalue weighted by Crippen LogP contribution is -2.44. The second-order valence-electron chi connectivity index (χ2n) is 6.95. The maximum atomic E-state index is 11.5. The summed E-state index contributed by atoms with van der Waals surface area (Å²) in [5.41, 5.74) is 10.4. The van der Waals surface area contributed by atoms with Crippen LogP contribution in [0.1, 0.15) is 44.1 Å². The normalized spacial score (nSPS) is 16.6. The van der Waals surface area contributed by atoms with Crippen molar-refractivity contribution in [3.8, 4) is 5.75 Å². The van der Waals surface area contributed by atoms with Crippen LogP contribution in [-0.2, 0) is 14.6 Å². The molecular formula is C20H34N4O4. The van der Waals surface area contributed by atoms with Crippen molar-refractivity contribution in [2.45, 2.75) is 51.5 Å². The molecule has 1 amide bonds. The largest absolute Gasteiger partial charge is 0.478 e. The maximum absolute atomic E-state index is 11.5. The first-order chi connectivity index (χ1) is 13.8. The molecule has 0 radical (unpaired) electrons. The van der Waals surface area contributed by atoms with Gasteiger partial charge in [-0.1, -0.05) is 25.3 Å². The van der Waals surface area contributed by atoms with E-state index < -0.39 is 0 Å². The molecule has 8 nitrogen and oxygen atoms in total. The van der Waals surface area contributed by atoms with Crippen LogP contribution in [0.5, 0.6) is 5.75 Å². The molecule has 158 valence electrons. The van der Waals surface area contributed by atoms with Gasteiger partial charge in [0.2, 0.25) is 6.41 Å². The summed E-state index contributed by atoms with van der Waals surface area (Å²) in [5, 5.41) is 4.84. The van der Waals surface area contributed by atoms with E-state index in [-0.39, 0.29) is 6.04 Å².